The van der Waals surface area contributed by atoms with Crippen LogP contribution in [0.25, 0.3) is 0 Å². The van der Waals surface area contributed by atoms with Crippen LogP contribution in [-0.2, 0) is 14.3 Å². The lowest BCUT2D eigenvalue weighted by atomic mass is 10.2. The number of nitrogens with two attached hydrogens (primary N) is 1. The monoisotopic (exact) mass is 296 g/mol. The van der Waals surface area contributed by atoms with Crippen LogP contribution in [0.15, 0.2) is 29.2 Å². The molecule has 1 aromatic rings. The van der Waals surface area contributed by atoms with Crippen LogP contribution in [0.3, 0.4) is 0 Å². The molecule has 0 aliphatic heterocycles. The Morgan fingerprint density at radius 1 is 1.35 bits per heavy atom. The van der Waals surface area contributed by atoms with Gasteiger partial charge in [0.05, 0.1) is 5.75 Å². The van der Waals surface area contributed by atoms with Gasteiger partial charge in [-0.25, -0.2) is 4.79 Å². The number of primary amides is 1. The molecule has 0 fully saturated rings. The van der Waals surface area contributed by atoms with E-state index in [0.29, 0.717) is 0 Å². The van der Waals surface area contributed by atoms with Crippen LogP contribution in [0.1, 0.15) is 12.5 Å². The zero-order chi connectivity index (χ0) is 15.1. The standard InChI is InChI=1S/C13H16N2O4S/c1-8-5-3-4-6-10(8)20-7-11(16)19-9(2)12(17)15-13(14)18/h3-6,9H,7H2,1-2H3,(H3,14,15,17,18)/t9-/m1/s1. The first-order valence-electron chi connectivity index (χ1n) is 5.88. The number of amides is 3. The summed E-state index contributed by atoms with van der Waals surface area (Å²) in [5, 5.41) is 1.85. The number of nitrogens with one attached hydrogen (secondary N) is 1. The summed E-state index contributed by atoms with van der Waals surface area (Å²) < 4.78 is 4.90. The van der Waals surface area contributed by atoms with Gasteiger partial charge in [-0.2, -0.15) is 0 Å². The van der Waals surface area contributed by atoms with E-state index in [2.05, 4.69) is 0 Å². The molecule has 20 heavy (non-hydrogen) atoms. The molecule has 7 heteroatoms. The zero-order valence-corrected chi connectivity index (χ0v) is 12.0. The number of urea groups is 1. The molecule has 0 spiro atoms. The van der Waals surface area contributed by atoms with Crippen LogP contribution in [0, 0.1) is 6.92 Å². The quantitative estimate of drug-likeness (QED) is 0.628. The summed E-state index contributed by atoms with van der Waals surface area (Å²) in [6.07, 6.45) is -1.06. The Morgan fingerprint density at radius 3 is 2.60 bits per heavy atom. The Kier molecular flexibility index (Phi) is 6.05. The van der Waals surface area contributed by atoms with Crippen LogP contribution >= 0.6 is 11.8 Å². The molecular formula is C13H16N2O4S. The number of hydrogen-bond donors (Lipinski definition) is 2. The third-order valence-electron chi connectivity index (χ3n) is 2.36. The molecule has 3 amide bonds. The second-order valence-electron chi connectivity index (χ2n) is 4.04. The summed E-state index contributed by atoms with van der Waals surface area (Å²) >= 11 is 1.32. The van der Waals surface area contributed by atoms with E-state index in [0.717, 1.165) is 10.5 Å². The van der Waals surface area contributed by atoms with E-state index in [1.54, 1.807) is 0 Å². The average molecular weight is 296 g/mol. The van der Waals surface area contributed by atoms with Crippen LogP contribution in [-0.4, -0.2) is 29.8 Å². The molecule has 0 aromatic heterocycles. The Balaban J connectivity index is 2.42. The molecule has 0 heterocycles. The average Bonchev–Trinajstić information content (AvgIpc) is 2.37. The molecule has 0 aliphatic carbocycles. The van der Waals surface area contributed by atoms with Crippen molar-refractivity contribution in [2.24, 2.45) is 5.73 Å². The predicted octanol–water partition coefficient (Wildman–Crippen LogP) is 1.21. The molecule has 0 saturated heterocycles. The highest BCUT2D eigenvalue weighted by Crippen LogP contribution is 2.21. The highest BCUT2D eigenvalue weighted by atomic mass is 32.2. The fourth-order valence-corrected chi connectivity index (χ4v) is 2.17. The largest absolute Gasteiger partial charge is 0.452 e. The number of esters is 1. The SMILES string of the molecule is Cc1ccccc1SCC(=O)O[C@H](C)C(=O)NC(N)=O. The van der Waals surface area contributed by atoms with Crippen molar-refractivity contribution < 1.29 is 19.1 Å². The van der Waals surface area contributed by atoms with Crippen molar-refractivity contribution in [3.8, 4) is 0 Å². The molecule has 3 N–H and O–H groups in total. The molecule has 1 aromatic carbocycles. The maximum absolute atomic E-state index is 11.6. The number of imide groups is 1. The maximum atomic E-state index is 11.6. The number of rotatable bonds is 5. The van der Waals surface area contributed by atoms with E-state index in [1.165, 1.54) is 18.7 Å². The lowest BCUT2D eigenvalue weighted by molar-refractivity contribution is -0.151. The number of carbonyl (C=O) groups excluding carboxylic acids is 3. The first-order valence-corrected chi connectivity index (χ1v) is 6.87. The van der Waals surface area contributed by atoms with E-state index in [4.69, 9.17) is 10.5 Å². The van der Waals surface area contributed by atoms with Gasteiger partial charge in [-0.1, -0.05) is 18.2 Å². The van der Waals surface area contributed by atoms with Gasteiger partial charge >= 0.3 is 12.0 Å². The van der Waals surface area contributed by atoms with Crippen LogP contribution < -0.4 is 11.1 Å². The topological polar surface area (TPSA) is 98.5 Å². The lowest BCUT2D eigenvalue weighted by Gasteiger charge is -2.12. The summed E-state index contributed by atoms with van der Waals surface area (Å²) in [4.78, 5) is 34.4. The second-order valence-corrected chi connectivity index (χ2v) is 5.06. The lowest BCUT2D eigenvalue weighted by Crippen LogP contribution is -2.42. The van der Waals surface area contributed by atoms with Crippen molar-refractivity contribution in [3.05, 3.63) is 29.8 Å². The van der Waals surface area contributed by atoms with Crippen molar-refractivity contribution in [3.63, 3.8) is 0 Å². The van der Waals surface area contributed by atoms with Crippen molar-refractivity contribution in [1.82, 2.24) is 5.32 Å². The number of carbonyl (C=O) groups is 3. The van der Waals surface area contributed by atoms with Gasteiger partial charge in [0, 0.05) is 4.90 Å². The summed E-state index contributed by atoms with van der Waals surface area (Å²) in [5.74, 6) is -1.20. The molecule has 1 rings (SSSR count). The van der Waals surface area contributed by atoms with Gasteiger partial charge in [-0.3, -0.25) is 14.9 Å². The minimum atomic E-state index is -1.06. The summed E-state index contributed by atoms with van der Waals surface area (Å²) in [5.41, 5.74) is 5.86. The fraction of sp³-hybridized carbons (Fsp3) is 0.308. The van der Waals surface area contributed by atoms with Crippen molar-refractivity contribution in [1.29, 1.82) is 0 Å². The van der Waals surface area contributed by atoms with Crippen LogP contribution in [0.2, 0.25) is 0 Å². The normalized spacial score (nSPS) is 11.5. The highest BCUT2D eigenvalue weighted by Gasteiger charge is 2.19. The predicted molar refractivity (Wildman–Crippen MR) is 75.2 cm³/mol. The summed E-state index contributed by atoms with van der Waals surface area (Å²) in [7, 11) is 0. The highest BCUT2D eigenvalue weighted by molar-refractivity contribution is 8.00. The zero-order valence-electron chi connectivity index (χ0n) is 11.2. The van der Waals surface area contributed by atoms with Gasteiger partial charge in [-0.15, -0.1) is 11.8 Å². The first-order chi connectivity index (χ1) is 9.40. The minimum absolute atomic E-state index is 0.0824. The van der Waals surface area contributed by atoms with E-state index in [9.17, 15) is 14.4 Å². The fourth-order valence-electron chi connectivity index (χ4n) is 1.36. The third-order valence-corrected chi connectivity index (χ3v) is 3.51. The van der Waals surface area contributed by atoms with Gasteiger partial charge in [-0.05, 0) is 25.5 Å². The van der Waals surface area contributed by atoms with Crippen molar-refractivity contribution in [2.45, 2.75) is 24.8 Å². The molecule has 108 valence electrons. The van der Waals surface area contributed by atoms with Crippen molar-refractivity contribution in [2.75, 3.05) is 5.75 Å². The summed E-state index contributed by atoms with van der Waals surface area (Å²) in [6, 6.07) is 6.65. The minimum Gasteiger partial charge on any atom is -0.452 e. The van der Waals surface area contributed by atoms with Crippen LogP contribution in [0.5, 0.6) is 0 Å². The number of aryl methyl sites for hydroxylation is 1. The van der Waals surface area contributed by atoms with Gasteiger partial charge in [0.25, 0.3) is 5.91 Å². The second kappa shape index (κ2) is 7.54. The number of ether oxygens (including phenoxy) is 1. The van der Waals surface area contributed by atoms with E-state index >= 15 is 0 Å². The van der Waals surface area contributed by atoms with Crippen molar-refractivity contribution >= 4 is 29.7 Å². The van der Waals surface area contributed by atoms with E-state index in [1.807, 2.05) is 36.5 Å². The maximum Gasteiger partial charge on any atom is 0.318 e. The van der Waals surface area contributed by atoms with Gasteiger partial charge < -0.3 is 10.5 Å². The molecule has 6 nitrogen and oxygen atoms in total. The van der Waals surface area contributed by atoms with Gasteiger partial charge in [0.1, 0.15) is 0 Å². The Labute approximate surface area is 121 Å². The third kappa shape index (κ3) is 5.31. The molecule has 0 saturated carbocycles. The van der Waals surface area contributed by atoms with Gasteiger partial charge in [0.2, 0.25) is 0 Å². The number of hydrogen-bond acceptors (Lipinski definition) is 5. The molecule has 0 radical (unpaired) electrons. The molecule has 0 aliphatic rings. The van der Waals surface area contributed by atoms with E-state index < -0.39 is 24.0 Å². The Morgan fingerprint density at radius 2 is 2.00 bits per heavy atom. The Hall–Kier alpha value is -2.02. The smallest absolute Gasteiger partial charge is 0.318 e. The molecular weight excluding hydrogens is 280 g/mol. The molecule has 0 unspecified atom stereocenters. The van der Waals surface area contributed by atoms with Crippen LogP contribution in [0.4, 0.5) is 4.79 Å². The molecule has 1 atom stereocenters. The summed E-state index contributed by atoms with van der Waals surface area (Å²) in [6.45, 7) is 3.31. The Bertz CT molecular complexity index is 519. The first kappa shape index (κ1) is 16.0. The van der Waals surface area contributed by atoms with E-state index in [-0.39, 0.29) is 5.75 Å². The van der Waals surface area contributed by atoms with Gasteiger partial charge in [0.15, 0.2) is 6.10 Å². The number of benzene rings is 1. The number of thioether (sulfide) groups is 1. The molecule has 0 bridgehead atoms.